The van der Waals surface area contributed by atoms with Crippen molar-refractivity contribution in [2.24, 2.45) is 0 Å². The first-order valence-corrected chi connectivity index (χ1v) is 6.72. The first kappa shape index (κ1) is 12.6. The molecule has 0 aromatic carbocycles. The number of hydrogen-bond donors (Lipinski definition) is 1. The summed E-state index contributed by atoms with van der Waals surface area (Å²) < 4.78 is 2.16. The average molecular weight is 236 g/mol. The predicted octanol–water partition coefficient (Wildman–Crippen LogP) is 1.35. The summed E-state index contributed by atoms with van der Waals surface area (Å²) in [5.41, 5.74) is 0. The van der Waals surface area contributed by atoms with Gasteiger partial charge in [-0.2, -0.15) is 0 Å². The number of hydrogen-bond acceptors (Lipinski definition) is 3. The summed E-state index contributed by atoms with van der Waals surface area (Å²) in [6, 6.07) is 1.35. The molecule has 2 atom stereocenters. The minimum absolute atomic E-state index is 0.631. The van der Waals surface area contributed by atoms with E-state index in [2.05, 4.69) is 33.6 Å². The molecule has 1 N–H and O–H groups in total. The summed E-state index contributed by atoms with van der Waals surface area (Å²) in [5, 5.41) is 3.56. The molecule has 0 aliphatic carbocycles. The molecule has 1 aliphatic heterocycles. The third kappa shape index (κ3) is 3.54. The Labute approximate surface area is 104 Å². The number of rotatable bonds is 5. The van der Waals surface area contributed by atoms with Crippen molar-refractivity contribution in [2.75, 3.05) is 19.6 Å². The number of imidazole rings is 1. The van der Waals surface area contributed by atoms with E-state index in [1.165, 1.54) is 25.9 Å². The van der Waals surface area contributed by atoms with Crippen LogP contribution in [0.2, 0.25) is 0 Å². The summed E-state index contributed by atoms with van der Waals surface area (Å²) >= 11 is 0. The van der Waals surface area contributed by atoms with Crippen molar-refractivity contribution in [2.45, 2.75) is 45.3 Å². The molecule has 96 valence electrons. The van der Waals surface area contributed by atoms with Crippen LogP contribution in [0.4, 0.5) is 0 Å². The van der Waals surface area contributed by atoms with E-state index < -0.39 is 0 Å². The maximum Gasteiger partial charge on any atom is 0.0945 e. The van der Waals surface area contributed by atoms with Crippen molar-refractivity contribution in [1.29, 1.82) is 0 Å². The average Bonchev–Trinajstić information content (AvgIpc) is 2.82. The van der Waals surface area contributed by atoms with Crippen molar-refractivity contribution in [1.82, 2.24) is 19.8 Å². The largest absolute Gasteiger partial charge is 0.337 e. The van der Waals surface area contributed by atoms with Gasteiger partial charge in [0.2, 0.25) is 0 Å². The van der Waals surface area contributed by atoms with Gasteiger partial charge in [-0.25, -0.2) is 4.98 Å². The van der Waals surface area contributed by atoms with Gasteiger partial charge in [0.25, 0.3) is 0 Å². The smallest absolute Gasteiger partial charge is 0.0945 e. The normalized spacial score (nSPS) is 26.2. The molecule has 1 aromatic heterocycles. The quantitative estimate of drug-likeness (QED) is 0.837. The standard InChI is InChI=1S/C13H24N4/c1-3-13-9-15-12(2)10-17(13)7-4-6-16-8-5-14-11-16/h5,8,11-13,15H,3-4,6-7,9-10H2,1-2H3. The Kier molecular flexibility index (Phi) is 4.57. The van der Waals surface area contributed by atoms with Crippen LogP contribution in [0.15, 0.2) is 18.7 Å². The molecular weight excluding hydrogens is 212 g/mol. The van der Waals surface area contributed by atoms with E-state index in [9.17, 15) is 0 Å². The lowest BCUT2D eigenvalue weighted by Crippen LogP contribution is -2.55. The highest BCUT2D eigenvalue weighted by molar-refractivity contribution is 4.83. The topological polar surface area (TPSA) is 33.1 Å². The molecule has 2 unspecified atom stereocenters. The van der Waals surface area contributed by atoms with Crippen LogP contribution < -0.4 is 5.32 Å². The first-order valence-electron chi connectivity index (χ1n) is 6.72. The zero-order chi connectivity index (χ0) is 12.1. The molecule has 17 heavy (non-hydrogen) atoms. The fourth-order valence-corrected chi connectivity index (χ4v) is 2.58. The third-order valence-electron chi connectivity index (χ3n) is 3.62. The molecular formula is C13H24N4. The maximum absolute atomic E-state index is 4.07. The van der Waals surface area contributed by atoms with E-state index in [-0.39, 0.29) is 0 Å². The van der Waals surface area contributed by atoms with E-state index >= 15 is 0 Å². The highest BCUT2D eigenvalue weighted by Gasteiger charge is 2.23. The van der Waals surface area contributed by atoms with Gasteiger partial charge in [-0.1, -0.05) is 6.92 Å². The molecule has 4 heteroatoms. The Morgan fingerprint density at radius 2 is 2.29 bits per heavy atom. The highest BCUT2D eigenvalue weighted by Crippen LogP contribution is 2.11. The van der Waals surface area contributed by atoms with Crippen LogP contribution in [0.3, 0.4) is 0 Å². The number of piperazine rings is 1. The van der Waals surface area contributed by atoms with E-state index in [0.29, 0.717) is 12.1 Å². The van der Waals surface area contributed by atoms with Crippen LogP contribution in [0.25, 0.3) is 0 Å². The Morgan fingerprint density at radius 1 is 1.41 bits per heavy atom. The van der Waals surface area contributed by atoms with Crippen LogP contribution >= 0.6 is 0 Å². The highest BCUT2D eigenvalue weighted by atomic mass is 15.2. The van der Waals surface area contributed by atoms with Crippen LogP contribution in [-0.2, 0) is 6.54 Å². The van der Waals surface area contributed by atoms with Gasteiger partial charge >= 0.3 is 0 Å². The molecule has 1 saturated heterocycles. The summed E-state index contributed by atoms with van der Waals surface area (Å²) in [5.74, 6) is 0. The van der Waals surface area contributed by atoms with E-state index in [4.69, 9.17) is 0 Å². The summed E-state index contributed by atoms with van der Waals surface area (Å²) in [4.78, 5) is 6.71. The molecule has 0 saturated carbocycles. The minimum Gasteiger partial charge on any atom is -0.337 e. The second-order valence-corrected chi connectivity index (χ2v) is 5.02. The van der Waals surface area contributed by atoms with Crippen molar-refractivity contribution >= 4 is 0 Å². The van der Waals surface area contributed by atoms with Gasteiger partial charge in [0.15, 0.2) is 0 Å². The molecule has 2 rings (SSSR count). The first-order chi connectivity index (χ1) is 8.29. The second kappa shape index (κ2) is 6.17. The van der Waals surface area contributed by atoms with E-state index in [1.54, 1.807) is 0 Å². The maximum atomic E-state index is 4.07. The van der Waals surface area contributed by atoms with Crippen molar-refractivity contribution in [3.05, 3.63) is 18.7 Å². The van der Waals surface area contributed by atoms with Gasteiger partial charge in [-0.15, -0.1) is 0 Å². The number of nitrogens with zero attached hydrogens (tertiary/aromatic N) is 3. The van der Waals surface area contributed by atoms with Gasteiger partial charge in [-0.3, -0.25) is 4.90 Å². The third-order valence-corrected chi connectivity index (χ3v) is 3.62. The molecule has 1 fully saturated rings. The summed E-state index contributed by atoms with van der Waals surface area (Å²) in [6.45, 7) is 9.16. The Hall–Kier alpha value is -0.870. The monoisotopic (exact) mass is 236 g/mol. The molecule has 0 amide bonds. The zero-order valence-electron chi connectivity index (χ0n) is 11.0. The van der Waals surface area contributed by atoms with Crippen molar-refractivity contribution in [3.8, 4) is 0 Å². The summed E-state index contributed by atoms with van der Waals surface area (Å²) in [6.07, 6.45) is 8.24. The molecule has 0 bridgehead atoms. The lowest BCUT2D eigenvalue weighted by molar-refractivity contribution is 0.128. The lowest BCUT2D eigenvalue weighted by Gasteiger charge is -2.39. The van der Waals surface area contributed by atoms with Gasteiger partial charge in [0.1, 0.15) is 0 Å². The van der Waals surface area contributed by atoms with Gasteiger partial charge < -0.3 is 9.88 Å². The fourth-order valence-electron chi connectivity index (χ4n) is 2.58. The minimum atomic E-state index is 0.631. The van der Waals surface area contributed by atoms with Crippen molar-refractivity contribution < 1.29 is 0 Å². The SMILES string of the molecule is CCC1CNC(C)CN1CCCn1ccnc1. The molecule has 2 heterocycles. The Bertz CT molecular complexity index is 309. The van der Waals surface area contributed by atoms with Crippen LogP contribution in [0, 0.1) is 0 Å². The Balaban J connectivity index is 1.76. The van der Waals surface area contributed by atoms with Crippen LogP contribution in [0.1, 0.15) is 26.7 Å². The number of nitrogens with one attached hydrogen (secondary N) is 1. The number of aryl methyl sites for hydroxylation is 1. The van der Waals surface area contributed by atoms with Crippen LogP contribution in [0.5, 0.6) is 0 Å². The molecule has 0 spiro atoms. The predicted molar refractivity (Wildman–Crippen MR) is 70.0 cm³/mol. The Morgan fingerprint density at radius 3 is 3.00 bits per heavy atom. The molecule has 0 radical (unpaired) electrons. The molecule has 1 aliphatic rings. The second-order valence-electron chi connectivity index (χ2n) is 5.02. The van der Waals surface area contributed by atoms with Gasteiger partial charge in [0.05, 0.1) is 6.33 Å². The van der Waals surface area contributed by atoms with Crippen LogP contribution in [-0.4, -0.2) is 46.2 Å². The zero-order valence-corrected chi connectivity index (χ0v) is 11.0. The fraction of sp³-hybridized carbons (Fsp3) is 0.769. The van der Waals surface area contributed by atoms with E-state index in [0.717, 1.165) is 13.1 Å². The van der Waals surface area contributed by atoms with E-state index in [1.807, 2.05) is 18.7 Å². The van der Waals surface area contributed by atoms with Gasteiger partial charge in [-0.05, 0) is 19.8 Å². The van der Waals surface area contributed by atoms with Crippen molar-refractivity contribution in [3.63, 3.8) is 0 Å². The molecule has 1 aromatic rings. The molecule has 4 nitrogen and oxygen atoms in total. The summed E-state index contributed by atoms with van der Waals surface area (Å²) in [7, 11) is 0. The van der Waals surface area contributed by atoms with Gasteiger partial charge in [0, 0.05) is 50.7 Å². The number of aromatic nitrogens is 2. The lowest BCUT2D eigenvalue weighted by atomic mass is 10.1.